The molecule has 2 rings (SSSR count). The number of hydrogen-bond acceptors (Lipinski definition) is 4. The average molecular weight is 335 g/mol. The van der Waals surface area contributed by atoms with Gasteiger partial charge in [-0.3, -0.25) is 0 Å². The van der Waals surface area contributed by atoms with Crippen molar-refractivity contribution in [2.24, 2.45) is 0 Å². The molecule has 23 heavy (non-hydrogen) atoms. The van der Waals surface area contributed by atoms with Crippen LogP contribution in [0.15, 0.2) is 43.0 Å². The monoisotopic (exact) mass is 334 g/mol. The van der Waals surface area contributed by atoms with Crippen LogP contribution in [0.1, 0.15) is 13.8 Å². The van der Waals surface area contributed by atoms with Gasteiger partial charge in [0.25, 0.3) is 0 Å². The van der Waals surface area contributed by atoms with Crippen LogP contribution in [0.3, 0.4) is 0 Å². The lowest BCUT2D eigenvalue weighted by molar-refractivity contribution is -0.143. The third-order valence-electron chi connectivity index (χ3n) is 3.16. The number of ether oxygens (including phenoxy) is 3. The fourth-order valence-corrected chi connectivity index (χ4v) is 2.44. The summed E-state index contributed by atoms with van der Waals surface area (Å²) >= 11 is 6.33. The topological polar surface area (TPSA) is 44.8 Å². The molecular weight excluding hydrogens is 316 g/mol. The smallest absolute Gasteiger partial charge is 0.330 e. The SMILES string of the molecule is C=CC(=O)OC(C)COc1c(Cl)cc(OCC)c2ccccc12. The number of carbonyl (C=O) groups excluding carboxylic acids is 1. The summed E-state index contributed by atoms with van der Waals surface area (Å²) in [7, 11) is 0. The first kappa shape index (κ1) is 17.2. The Balaban J connectivity index is 2.27. The average Bonchev–Trinajstić information content (AvgIpc) is 2.54. The number of esters is 1. The van der Waals surface area contributed by atoms with Crippen molar-refractivity contribution in [3.05, 3.63) is 48.0 Å². The van der Waals surface area contributed by atoms with Gasteiger partial charge in [0.15, 0.2) is 0 Å². The van der Waals surface area contributed by atoms with Crippen LogP contribution in [0.5, 0.6) is 11.5 Å². The quantitative estimate of drug-likeness (QED) is 0.556. The van der Waals surface area contributed by atoms with Gasteiger partial charge in [-0.25, -0.2) is 4.79 Å². The molecule has 0 fully saturated rings. The molecule has 5 heteroatoms. The molecule has 0 heterocycles. The van der Waals surface area contributed by atoms with Crippen LogP contribution in [0.4, 0.5) is 0 Å². The van der Waals surface area contributed by atoms with Crippen molar-refractivity contribution < 1.29 is 19.0 Å². The van der Waals surface area contributed by atoms with E-state index >= 15 is 0 Å². The Kier molecular flexibility index (Phi) is 5.88. The number of carbonyl (C=O) groups is 1. The lowest BCUT2D eigenvalue weighted by Gasteiger charge is -2.17. The van der Waals surface area contributed by atoms with E-state index in [4.69, 9.17) is 25.8 Å². The van der Waals surface area contributed by atoms with Gasteiger partial charge in [0.1, 0.15) is 24.2 Å². The third-order valence-corrected chi connectivity index (χ3v) is 3.44. The molecule has 2 aromatic rings. The Bertz CT molecular complexity index is 711. The Morgan fingerprint density at radius 2 is 2.00 bits per heavy atom. The van der Waals surface area contributed by atoms with E-state index in [0.29, 0.717) is 23.1 Å². The molecule has 0 amide bonds. The molecule has 0 aromatic heterocycles. The zero-order valence-corrected chi connectivity index (χ0v) is 13.9. The van der Waals surface area contributed by atoms with Gasteiger partial charge in [-0.15, -0.1) is 0 Å². The summed E-state index contributed by atoms with van der Waals surface area (Å²) in [6.07, 6.45) is 0.706. The zero-order valence-electron chi connectivity index (χ0n) is 13.2. The molecule has 0 N–H and O–H groups in total. The summed E-state index contributed by atoms with van der Waals surface area (Å²) in [6.45, 7) is 7.77. The second kappa shape index (κ2) is 7.88. The predicted molar refractivity (Wildman–Crippen MR) is 91.4 cm³/mol. The minimum absolute atomic E-state index is 0.192. The van der Waals surface area contributed by atoms with Gasteiger partial charge in [-0.1, -0.05) is 42.4 Å². The van der Waals surface area contributed by atoms with Gasteiger partial charge in [0.05, 0.1) is 11.6 Å². The maximum atomic E-state index is 11.2. The standard InChI is InChI=1S/C18H19ClO4/c1-4-17(20)23-12(3)11-22-18-14-9-7-6-8-13(14)16(21-5-2)10-15(18)19/h4,6-10,12H,1,5,11H2,2-3H3. The van der Waals surface area contributed by atoms with Gasteiger partial charge in [-0.05, 0) is 13.8 Å². The van der Waals surface area contributed by atoms with E-state index in [1.807, 2.05) is 31.2 Å². The highest BCUT2D eigenvalue weighted by atomic mass is 35.5. The lowest BCUT2D eigenvalue weighted by Crippen LogP contribution is -2.21. The normalized spacial score (nSPS) is 11.8. The Morgan fingerprint density at radius 1 is 1.30 bits per heavy atom. The van der Waals surface area contributed by atoms with E-state index in [1.54, 1.807) is 13.0 Å². The molecule has 2 aromatic carbocycles. The van der Waals surface area contributed by atoms with E-state index in [1.165, 1.54) is 0 Å². The molecule has 0 spiro atoms. The van der Waals surface area contributed by atoms with Crippen molar-refractivity contribution in [1.82, 2.24) is 0 Å². The van der Waals surface area contributed by atoms with Crippen molar-refractivity contribution in [2.45, 2.75) is 20.0 Å². The highest BCUT2D eigenvalue weighted by molar-refractivity contribution is 6.33. The van der Waals surface area contributed by atoms with Crippen LogP contribution in [-0.4, -0.2) is 25.3 Å². The Morgan fingerprint density at radius 3 is 2.65 bits per heavy atom. The van der Waals surface area contributed by atoms with Crippen LogP contribution in [0.2, 0.25) is 5.02 Å². The van der Waals surface area contributed by atoms with Gasteiger partial charge in [0, 0.05) is 22.9 Å². The number of halogens is 1. The molecule has 1 atom stereocenters. The van der Waals surface area contributed by atoms with Gasteiger partial charge in [-0.2, -0.15) is 0 Å². The van der Waals surface area contributed by atoms with E-state index in [-0.39, 0.29) is 6.61 Å². The summed E-state index contributed by atoms with van der Waals surface area (Å²) < 4.78 is 16.5. The molecular formula is C18H19ClO4. The molecule has 0 aliphatic carbocycles. The second-order valence-electron chi connectivity index (χ2n) is 4.93. The van der Waals surface area contributed by atoms with Crippen LogP contribution in [-0.2, 0) is 9.53 Å². The van der Waals surface area contributed by atoms with E-state index < -0.39 is 12.1 Å². The van der Waals surface area contributed by atoms with Crippen LogP contribution in [0, 0.1) is 0 Å². The van der Waals surface area contributed by atoms with E-state index in [0.717, 1.165) is 16.8 Å². The van der Waals surface area contributed by atoms with Crippen molar-refractivity contribution in [3.63, 3.8) is 0 Å². The van der Waals surface area contributed by atoms with Crippen molar-refractivity contribution >= 4 is 28.3 Å². The maximum Gasteiger partial charge on any atom is 0.330 e. The number of benzene rings is 2. The second-order valence-corrected chi connectivity index (χ2v) is 5.33. The third kappa shape index (κ3) is 4.17. The fourth-order valence-electron chi connectivity index (χ4n) is 2.19. The summed E-state index contributed by atoms with van der Waals surface area (Å²) in [5.74, 6) is 0.780. The highest BCUT2D eigenvalue weighted by Crippen LogP contribution is 2.39. The summed E-state index contributed by atoms with van der Waals surface area (Å²) in [4.78, 5) is 11.2. The van der Waals surface area contributed by atoms with Crippen molar-refractivity contribution in [1.29, 1.82) is 0 Å². The van der Waals surface area contributed by atoms with Crippen LogP contribution >= 0.6 is 11.6 Å². The van der Waals surface area contributed by atoms with Gasteiger partial charge in [0.2, 0.25) is 0 Å². The van der Waals surface area contributed by atoms with Crippen molar-refractivity contribution in [3.8, 4) is 11.5 Å². The van der Waals surface area contributed by atoms with Gasteiger partial charge >= 0.3 is 5.97 Å². The highest BCUT2D eigenvalue weighted by Gasteiger charge is 2.15. The number of rotatable bonds is 7. The summed E-state index contributed by atoms with van der Waals surface area (Å²) in [5, 5.41) is 2.23. The summed E-state index contributed by atoms with van der Waals surface area (Å²) in [6, 6.07) is 9.44. The molecule has 0 bridgehead atoms. The minimum atomic E-state index is -0.483. The van der Waals surface area contributed by atoms with Crippen molar-refractivity contribution in [2.75, 3.05) is 13.2 Å². The molecule has 0 radical (unpaired) electrons. The summed E-state index contributed by atoms with van der Waals surface area (Å²) in [5.41, 5.74) is 0. The minimum Gasteiger partial charge on any atom is -0.493 e. The number of fused-ring (bicyclic) bond motifs is 1. The molecule has 0 aliphatic rings. The first-order valence-electron chi connectivity index (χ1n) is 7.36. The Labute approximate surface area is 140 Å². The molecule has 0 saturated heterocycles. The number of hydrogen-bond donors (Lipinski definition) is 0. The first-order valence-corrected chi connectivity index (χ1v) is 7.74. The molecule has 122 valence electrons. The first-order chi connectivity index (χ1) is 11.1. The largest absolute Gasteiger partial charge is 0.493 e. The fraction of sp³-hybridized carbons (Fsp3) is 0.278. The van der Waals surface area contributed by atoms with Gasteiger partial charge < -0.3 is 14.2 Å². The lowest BCUT2D eigenvalue weighted by atomic mass is 10.1. The van der Waals surface area contributed by atoms with Crippen LogP contribution in [0.25, 0.3) is 10.8 Å². The zero-order chi connectivity index (χ0) is 16.8. The molecule has 0 aliphatic heterocycles. The molecule has 4 nitrogen and oxygen atoms in total. The van der Waals surface area contributed by atoms with E-state index in [2.05, 4.69) is 6.58 Å². The molecule has 0 saturated carbocycles. The molecule has 1 unspecified atom stereocenters. The van der Waals surface area contributed by atoms with E-state index in [9.17, 15) is 4.79 Å². The maximum absolute atomic E-state index is 11.2. The predicted octanol–water partition coefficient (Wildman–Crippen LogP) is 4.39. The van der Waals surface area contributed by atoms with Crippen LogP contribution < -0.4 is 9.47 Å². The Hall–Kier alpha value is -2.20.